The molecule has 0 N–H and O–H groups in total. The molecule has 6 nitrogen and oxygen atoms in total. The molecule has 1 aromatic carbocycles. The Bertz CT molecular complexity index is 898. The van der Waals surface area contributed by atoms with Crippen LogP contribution in [-0.4, -0.2) is 55.5 Å². The van der Waals surface area contributed by atoms with Gasteiger partial charge in [-0.3, -0.25) is 9.59 Å². The van der Waals surface area contributed by atoms with E-state index < -0.39 is 0 Å². The van der Waals surface area contributed by atoms with Gasteiger partial charge in [-0.15, -0.1) is 17.9 Å². The van der Waals surface area contributed by atoms with Crippen LogP contribution in [0.1, 0.15) is 49.5 Å². The number of benzene rings is 1. The lowest BCUT2D eigenvalue weighted by Gasteiger charge is -2.27. The molecule has 0 saturated carbocycles. The van der Waals surface area contributed by atoms with E-state index in [1.807, 2.05) is 40.6 Å². The highest BCUT2D eigenvalue weighted by Crippen LogP contribution is 2.28. The first-order chi connectivity index (χ1) is 16.5. The molecule has 2 rings (SSSR count). The molecule has 0 aliphatic rings. The highest BCUT2D eigenvalue weighted by atomic mass is 32.1. The van der Waals surface area contributed by atoms with Crippen molar-refractivity contribution in [2.24, 2.45) is 0 Å². The summed E-state index contributed by atoms with van der Waals surface area (Å²) in [6, 6.07) is 9.82. The number of thiophene rings is 1. The van der Waals surface area contributed by atoms with Crippen LogP contribution in [-0.2, 0) is 22.6 Å². The smallest absolute Gasteiger partial charge is 0.242 e. The molecule has 0 aliphatic heterocycles. The highest BCUT2D eigenvalue weighted by Gasteiger charge is 2.21. The van der Waals surface area contributed by atoms with Gasteiger partial charge in [0.15, 0.2) is 11.5 Å². The first-order valence-corrected chi connectivity index (χ1v) is 12.8. The Hall–Kier alpha value is -2.80. The van der Waals surface area contributed by atoms with E-state index >= 15 is 0 Å². The molecular weight excluding hydrogens is 448 g/mol. The van der Waals surface area contributed by atoms with E-state index in [2.05, 4.69) is 13.5 Å². The summed E-state index contributed by atoms with van der Waals surface area (Å²) in [5, 5.41) is 2.01. The van der Waals surface area contributed by atoms with Crippen molar-refractivity contribution in [3.05, 3.63) is 58.8 Å². The van der Waals surface area contributed by atoms with Crippen LogP contribution in [0.15, 0.2) is 48.4 Å². The number of methoxy groups -OCH3 is 2. The molecule has 0 aliphatic carbocycles. The summed E-state index contributed by atoms with van der Waals surface area (Å²) in [5.74, 6) is 1.30. The molecule has 1 heterocycles. The average molecular weight is 487 g/mol. The molecule has 0 radical (unpaired) electrons. The van der Waals surface area contributed by atoms with E-state index in [1.165, 1.54) is 0 Å². The molecule has 34 heavy (non-hydrogen) atoms. The maximum Gasteiger partial charge on any atom is 0.242 e. The number of unbranched alkanes of at least 4 members (excludes halogenated alkanes) is 3. The molecular formula is C27H38N2O4S. The topological polar surface area (TPSA) is 59.1 Å². The lowest BCUT2D eigenvalue weighted by Crippen LogP contribution is -2.43. The second kappa shape index (κ2) is 15.2. The molecule has 0 spiro atoms. The number of carbonyl (C=O) groups is 2. The summed E-state index contributed by atoms with van der Waals surface area (Å²) in [7, 11) is 3.22. The summed E-state index contributed by atoms with van der Waals surface area (Å²) in [4.78, 5) is 30.7. The van der Waals surface area contributed by atoms with Crippen LogP contribution in [0.3, 0.4) is 0 Å². The third-order valence-corrected chi connectivity index (χ3v) is 6.53. The predicted molar refractivity (Wildman–Crippen MR) is 139 cm³/mol. The van der Waals surface area contributed by atoms with Crippen molar-refractivity contribution in [1.82, 2.24) is 9.80 Å². The maximum absolute atomic E-state index is 13.3. The summed E-state index contributed by atoms with van der Waals surface area (Å²) < 4.78 is 10.7. The lowest BCUT2D eigenvalue weighted by molar-refractivity contribution is -0.140. The van der Waals surface area contributed by atoms with Crippen molar-refractivity contribution >= 4 is 23.2 Å². The molecule has 1 aromatic heterocycles. The second-order valence-electron chi connectivity index (χ2n) is 8.21. The summed E-state index contributed by atoms with van der Waals surface area (Å²) in [6.07, 6.45) is 6.96. The van der Waals surface area contributed by atoms with Gasteiger partial charge in [0, 0.05) is 24.4 Å². The van der Waals surface area contributed by atoms with Crippen LogP contribution in [0, 0.1) is 0 Å². The Labute approximate surface area is 208 Å². The zero-order valence-corrected chi connectivity index (χ0v) is 21.6. The Morgan fingerprint density at radius 3 is 2.47 bits per heavy atom. The number of carbonyl (C=O) groups excluding carboxylic acids is 2. The minimum absolute atomic E-state index is 0.0142. The van der Waals surface area contributed by atoms with E-state index in [-0.39, 0.29) is 18.4 Å². The van der Waals surface area contributed by atoms with E-state index in [0.29, 0.717) is 44.0 Å². The Morgan fingerprint density at radius 1 is 1.03 bits per heavy atom. The molecule has 186 valence electrons. The zero-order chi connectivity index (χ0) is 24.8. The molecule has 7 heteroatoms. The average Bonchev–Trinajstić information content (AvgIpc) is 3.37. The Balaban J connectivity index is 2.08. The maximum atomic E-state index is 13.3. The molecule has 0 fully saturated rings. The van der Waals surface area contributed by atoms with Gasteiger partial charge in [-0.05, 0) is 42.0 Å². The van der Waals surface area contributed by atoms with E-state index in [0.717, 1.165) is 36.1 Å². The van der Waals surface area contributed by atoms with Gasteiger partial charge in [0.05, 0.1) is 20.8 Å². The van der Waals surface area contributed by atoms with Crippen molar-refractivity contribution in [1.29, 1.82) is 0 Å². The fraction of sp³-hybridized carbons (Fsp3) is 0.481. The number of nitrogens with zero attached hydrogens (tertiary/aromatic N) is 2. The molecule has 0 atom stereocenters. The van der Waals surface area contributed by atoms with Gasteiger partial charge < -0.3 is 19.3 Å². The van der Waals surface area contributed by atoms with Gasteiger partial charge in [-0.25, -0.2) is 0 Å². The lowest BCUT2D eigenvalue weighted by atomic mass is 10.1. The van der Waals surface area contributed by atoms with Gasteiger partial charge in [0.25, 0.3) is 0 Å². The van der Waals surface area contributed by atoms with Crippen LogP contribution in [0.25, 0.3) is 0 Å². The standard InChI is InChI=1S/C27H38N2O4S/c1-5-7-8-9-12-26(30)28(16-6-2)21-27(31)29(20-23-11-10-18-34-23)17-15-22-13-14-24(32-3)25(19-22)33-4/h6,10-11,13-14,18-19H,2,5,7-9,12,15-17,20-21H2,1,3-4H3. The first kappa shape index (κ1) is 27.4. The van der Waals surface area contributed by atoms with Crippen LogP contribution in [0.2, 0.25) is 0 Å². The largest absolute Gasteiger partial charge is 0.493 e. The van der Waals surface area contributed by atoms with Crippen molar-refractivity contribution in [2.75, 3.05) is 33.9 Å². The number of rotatable bonds is 16. The second-order valence-corrected chi connectivity index (χ2v) is 9.24. The van der Waals surface area contributed by atoms with Gasteiger partial charge >= 0.3 is 0 Å². The number of ether oxygens (including phenoxy) is 2. The number of hydrogen-bond acceptors (Lipinski definition) is 5. The quantitative estimate of drug-likeness (QED) is 0.238. The fourth-order valence-corrected chi connectivity index (χ4v) is 4.44. The molecule has 2 amide bonds. The van der Waals surface area contributed by atoms with E-state index in [9.17, 15) is 9.59 Å². The van der Waals surface area contributed by atoms with Gasteiger partial charge in [0.1, 0.15) is 6.54 Å². The van der Waals surface area contributed by atoms with Crippen LogP contribution in [0.5, 0.6) is 11.5 Å². The Morgan fingerprint density at radius 2 is 1.82 bits per heavy atom. The summed E-state index contributed by atoms with van der Waals surface area (Å²) in [5.41, 5.74) is 1.05. The highest BCUT2D eigenvalue weighted by molar-refractivity contribution is 7.09. The van der Waals surface area contributed by atoms with Crippen molar-refractivity contribution < 1.29 is 19.1 Å². The normalized spacial score (nSPS) is 10.6. The van der Waals surface area contributed by atoms with Crippen LogP contribution in [0.4, 0.5) is 0 Å². The van der Waals surface area contributed by atoms with Gasteiger partial charge in [-0.2, -0.15) is 0 Å². The molecule has 0 bridgehead atoms. The monoisotopic (exact) mass is 486 g/mol. The summed E-state index contributed by atoms with van der Waals surface area (Å²) >= 11 is 1.63. The van der Waals surface area contributed by atoms with Gasteiger partial charge in [0.2, 0.25) is 11.8 Å². The molecule has 2 aromatic rings. The third-order valence-electron chi connectivity index (χ3n) is 5.67. The number of hydrogen-bond donors (Lipinski definition) is 0. The number of amides is 2. The molecule has 0 unspecified atom stereocenters. The van der Waals surface area contributed by atoms with Crippen molar-refractivity contribution in [2.45, 2.75) is 52.0 Å². The predicted octanol–water partition coefficient (Wildman–Crippen LogP) is 5.32. The van der Waals surface area contributed by atoms with Gasteiger partial charge in [-0.1, -0.05) is 44.4 Å². The van der Waals surface area contributed by atoms with E-state index in [4.69, 9.17) is 9.47 Å². The van der Waals surface area contributed by atoms with Crippen LogP contribution < -0.4 is 9.47 Å². The first-order valence-electron chi connectivity index (χ1n) is 11.9. The van der Waals surface area contributed by atoms with E-state index in [1.54, 1.807) is 36.5 Å². The van der Waals surface area contributed by atoms with Crippen molar-refractivity contribution in [3.63, 3.8) is 0 Å². The van der Waals surface area contributed by atoms with Crippen molar-refractivity contribution in [3.8, 4) is 11.5 Å². The van der Waals surface area contributed by atoms with Crippen LogP contribution >= 0.6 is 11.3 Å². The minimum atomic E-state index is -0.0577. The molecule has 0 saturated heterocycles. The zero-order valence-electron chi connectivity index (χ0n) is 20.8. The fourth-order valence-electron chi connectivity index (χ4n) is 3.72. The third kappa shape index (κ3) is 8.86. The summed E-state index contributed by atoms with van der Waals surface area (Å²) in [6.45, 7) is 7.43. The minimum Gasteiger partial charge on any atom is -0.493 e. The SMILES string of the molecule is C=CCN(CC(=O)N(CCc1ccc(OC)c(OC)c1)Cc1cccs1)C(=O)CCCCCC. The Kier molecular flexibility index (Phi) is 12.2.